The van der Waals surface area contributed by atoms with E-state index in [0.29, 0.717) is 23.0 Å². The molecule has 3 rings (SSSR count). The number of nitrogens with zero attached hydrogens (tertiary/aromatic N) is 1. The van der Waals surface area contributed by atoms with Gasteiger partial charge in [0.05, 0.1) is 11.8 Å². The maximum atomic E-state index is 12.2. The van der Waals surface area contributed by atoms with Crippen molar-refractivity contribution in [1.29, 1.82) is 0 Å². The molecule has 0 spiro atoms. The van der Waals surface area contributed by atoms with Crippen molar-refractivity contribution in [2.75, 3.05) is 6.61 Å². The molecule has 0 aliphatic heterocycles. The summed E-state index contributed by atoms with van der Waals surface area (Å²) >= 11 is 0. The van der Waals surface area contributed by atoms with Crippen LogP contribution in [0.5, 0.6) is 11.5 Å². The van der Waals surface area contributed by atoms with Crippen molar-refractivity contribution in [3.05, 3.63) is 95.1 Å². The van der Waals surface area contributed by atoms with Crippen LogP contribution in [0.1, 0.15) is 46.8 Å². The third-order valence-corrected chi connectivity index (χ3v) is 4.70. The Morgan fingerprint density at radius 2 is 1.53 bits per heavy atom. The highest BCUT2D eigenvalue weighted by atomic mass is 16.5. The monoisotopic (exact) mass is 430 g/mol. The Labute approximate surface area is 187 Å². The van der Waals surface area contributed by atoms with E-state index in [1.165, 1.54) is 11.8 Å². The molecule has 164 valence electrons. The zero-order chi connectivity index (χ0) is 22.9. The molecular weight excluding hydrogens is 404 g/mol. The first-order valence-electron chi connectivity index (χ1n) is 10.3. The van der Waals surface area contributed by atoms with E-state index in [9.17, 15) is 9.59 Å². The zero-order valence-corrected chi connectivity index (χ0v) is 18.4. The summed E-state index contributed by atoms with van der Waals surface area (Å²) < 4.78 is 10.8. The van der Waals surface area contributed by atoms with E-state index in [1.54, 1.807) is 36.4 Å². The molecule has 0 atom stereocenters. The minimum atomic E-state index is -0.419. The summed E-state index contributed by atoms with van der Waals surface area (Å²) in [5.41, 5.74) is 5.94. The fourth-order valence-electron chi connectivity index (χ4n) is 2.79. The van der Waals surface area contributed by atoms with Crippen LogP contribution in [0.2, 0.25) is 0 Å². The van der Waals surface area contributed by atoms with E-state index < -0.39 is 5.97 Å². The molecule has 0 aliphatic carbocycles. The van der Waals surface area contributed by atoms with Crippen LogP contribution >= 0.6 is 0 Å². The summed E-state index contributed by atoms with van der Waals surface area (Å²) in [6, 6.07) is 21.6. The minimum absolute atomic E-state index is 0.133. The summed E-state index contributed by atoms with van der Waals surface area (Å²) in [4.78, 5) is 24.1. The van der Waals surface area contributed by atoms with Crippen molar-refractivity contribution in [2.45, 2.75) is 26.7 Å². The van der Waals surface area contributed by atoms with Crippen LogP contribution < -0.4 is 14.9 Å². The summed E-state index contributed by atoms with van der Waals surface area (Å²) in [6.45, 7) is 6.06. The Balaban J connectivity index is 1.44. The van der Waals surface area contributed by atoms with E-state index in [2.05, 4.69) is 24.4 Å². The first kappa shape index (κ1) is 22.7. The number of hydrogen-bond acceptors (Lipinski definition) is 5. The van der Waals surface area contributed by atoms with Gasteiger partial charge in [0, 0.05) is 0 Å². The quantitative estimate of drug-likeness (QED) is 0.239. The maximum absolute atomic E-state index is 12.2. The number of aryl methyl sites for hydroxylation is 1. The number of ether oxygens (including phenoxy) is 2. The van der Waals surface area contributed by atoms with E-state index in [0.717, 1.165) is 11.1 Å². The van der Waals surface area contributed by atoms with Crippen molar-refractivity contribution in [1.82, 2.24) is 5.43 Å². The second-order valence-electron chi connectivity index (χ2n) is 7.63. The fraction of sp³-hybridized carbons (Fsp3) is 0.192. The highest BCUT2D eigenvalue weighted by molar-refractivity contribution is 5.91. The highest BCUT2D eigenvalue weighted by Gasteiger charge is 2.08. The number of rotatable bonds is 8. The van der Waals surface area contributed by atoms with E-state index in [1.807, 2.05) is 43.3 Å². The Kier molecular flexibility index (Phi) is 7.75. The maximum Gasteiger partial charge on any atom is 0.343 e. The van der Waals surface area contributed by atoms with Crippen LogP contribution in [0, 0.1) is 6.92 Å². The molecular formula is C26H26N2O4. The molecule has 0 radical (unpaired) electrons. The summed E-state index contributed by atoms with van der Waals surface area (Å²) in [6.07, 6.45) is 1.50. The molecule has 1 amide bonds. The Bertz CT molecular complexity index is 1070. The average Bonchev–Trinajstić information content (AvgIpc) is 2.79. The van der Waals surface area contributed by atoms with Gasteiger partial charge in [0.1, 0.15) is 11.5 Å². The number of benzene rings is 3. The van der Waals surface area contributed by atoms with Crippen molar-refractivity contribution in [2.24, 2.45) is 5.10 Å². The Hall–Kier alpha value is -3.93. The smallest absolute Gasteiger partial charge is 0.343 e. The predicted molar refractivity (Wildman–Crippen MR) is 124 cm³/mol. The number of hydrogen-bond donors (Lipinski definition) is 1. The van der Waals surface area contributed by atoms with Gasteiger partial charge in [-0.1, -0.05) is 43.7 Å². The van der Waals surface area contributed by atoms with Gasteiger partial charge in [-0.25, -0.2) is 10.2 Å². The molecule has 0 aromatic heterocycles. The molecule has 0 aliphatic rings. The normalized spacial score (nSPS) is 10.9. The van der Waals surface area contributed by atoms with Crippen LogP contribution in [-0.2, 0) is 4.79 Å². The third kappa shape index (κ3) is 6.80. The van der Waals surface area contributed by atoms with Gasteiger partial charge in [-0.3, -0.25) is 4.79 Å². The van der Waals surface area contributed by atoms with Gasteiger partial charge in [-0.05, 0) is 72.5 Å². The van der Waals surface area contributed by atoms with Crippen molar-refractivity contribution < 1.29 is 19.1 Å². The average molecular weight is 431 g/mol. The first-order chi connectivity index (χ1) is 15.4. The number of nitrogens with one attached hydrogen (secondary N) is 1. The van der Waals surface area contributed by atoms with E-state index in [-0.39, 0.29) is 12.5 Å². The molecule has 0 heterocycles. The van der Waals surface area contributed by atoms with Crippen molar-refractivity contribution in [3.63, 3.8) is 0 Å². The molecule has 0 fully saturated rings. The van der Waals surface area contributed by atoms with Crippen LogP contribution in [0.3, 0.4) is 0 Å². The lowest BCUT2D eigenvalue weighted by atomic mass is 10.0. The standard InChI is InChI=1S/C26H26N2O4/c1-18(2)21-10-14-23(15-11-21)31-17-25(29)28-27-16-20-6-12-24(13-7-20)32-26(30)22-8-4-19(3)5-9-22/h4-16,18H,17H2,1-3H3,(H,28,29)/b27-16+. The third-order valence-electron chi connectivity index (χ3n) is 4.70. The number of carbonyl (C=O) groups is 2. The second-order valence-corrected chi connectivity index (χ2v) is 7.63. The molecule has 3 aromatic carbocycles. The van der Waals surface area contributed by atoms with Gasteiger partial charge < -0.3 is 9.47 Å². The largest absolute Gasteiger partial charge is 0.484 e. The summed E-state index contributed by atoms with van der Waals surface area (Å²) in [5, 5.41) is 3.93. The van der Waals surface area contributed by atoms with Gasteiger partial charge in [-0.15, -0.1) is 0 Å². The molecule has 0 bridgehead atoms. The molecule has 3 aromatic rings. The molecule has 0 saturated heterocycles. The molecule has 1 N–H and O–H groups in total. The number of hydrazone groups is 1. The summed E-state index contributed by atoms with van der Waals surface area (Å²) in [5.74, 6) is 0.712. The molecule has 0 saturated carbocycles. The van der Waals surface area contributed by atoms with Crippen LogP contribution in [-0.4, -0.2) is 24.7 Å². The van der Waals surface area contributed by atoms with Gasteiger partial charge in [0.2, 0.25) is 0 Å². The van der Waals surface area contributed by atoms with E-state index in [4.69, 9.17) is 9.47 Å². The van der Waals surface area contributed by atoms with Gasteiger partial charge in [0.15, 0.2) is 6.61 Å². The lowest BCUT2D eigenvalue weighted by Crippen LogP contribution is -2.24. The Morgan fingerprint density at radius 1 is 0.906 bits per heavy atom. The van der Waals surface area contributed by atoms with Crippen LogP contribution in [0.25, 0.3) is 0 Å². The Morgan fingerprint density at radius 3 is 2.16 bits per heavy atom. The second kappa shape index (κ2) is 10.9. The van der Waals surface area contributed by atoms with Crippen molar-refractivity contribution >= 4 is 18.1 Å². The number of esters is 1. The highest BCUT2D eigenvalue weighted by Crippen LogP contribution is 2.18. The van der Waals surface area contributed by atoms with Gasteiger partial charge in [0.25, 0.3) is 5.91 Å². The van der Waals surface area contributed by atoms with Crippen LogP contribution in [0.4, 0.5) is 0 Å². The van der Waals surface area contributed by atoms with Gasteiger partial charge in [-0.2, -0.15) is 5.10 Å². The number of amides is 1. The SMILES string of the molecule is Cc1ccc(C(=O)Oc2ccc(/C=N/NC(=O)COc3ccc(C(C)C)cc3)cc2)cc1. The van der Waals surface area contributed by atoms with E-state index >= 15 is 0 Å². The topological polar surface area (TPSA) is 77.0 Å². The lowest BCUT2D eigenvalue weighted by molar-refractivity contribution is -0.123. The minimum Gasteiger partial charge on any atom is -0.484 e. The molecule has 0 unspecified atom stereocenters. The first-order valence-corrected chi connectivity index (χ1v) is 10.3. The number of carbonyl (C=O) groups excluding carboxylic acids is 2. The molecule has 6 nitrogen and oxygen atoms in total. The predicted octanol–water partition coefficient (Wildman–Crippen LogP) is 4.87. The summed E-state index contributed by atoms with van der Waals surface area (Å²) in [7, 11) is 0. The van der Waals surface area contributed by atoms with Gasteiger partial charge >= 0.3 is 5.97 Å². The van der Waals surface area contributed by atoms with Crippen molar-refractivity contribution in [3.8, 4) is 11.5 Å². The fourth-order valence-corrected chi connectivity index (χ4v) is 2.79. The lowest BCUT2D eigenvalue weighted by Gasteiger charge is -2.08. The molecule has 6 heteroatoms. The van der Waals surface area contributed by atoms with Crippen LogP contribution in [0.15, 0.2) is 77.9 Å². The zero-order valence-electron chi connectivity index (χ0n) is 18.4. The molecule has 32 heavy (non-hydrogen) atoms.